The molecule has 0 amide bonds. The highest BCUT2D eigenvalue weighted by Gasteiger charge is 1.97. The molecular weight excluding hydrogens is 155 g/mol. The van der Waals surface area contributed by atoms with E-state index < -0.39 is 0 Å². The fourth-order valence-corrected chi connectivity index (χ4v) is 0.992. The molecule has 12 heavy (non-hydrogen) atoms. The zero-order chi connectivity index (χ0) is 8.97. The average molecular weight is 168 g/mol. The Hall–Kier alpha value is -1.09. The molecule has 0 aliphatic heterocycles. The van der Waals surface area contributed by atoms with Gasteiger partial charge < -0.3 is 11.1 Å². The van der Waals surface area contributed by atoms with E-state index in [1.54, 1.807) is 6.07 Å². The molecule has 0 saturated heterocycles. The Kier molecular flexibility index (Phi) is 3.05. The number of benzene rings is 1. The molecule has 0 saturated carbocycles. The van der Waals surface area contributed by atoms with Crippen molar-refractivity contribution in [3.8, 4) is 0 Å². The summed E-state index contributed by atoms with van der Waals surface area (Å²) in [5, 5.41) is 3.04. The topological polar surface area (TPSA) is 38.0 Å². The summed E-state index contributed by atoms with van der Waals surface area (Å²) in [6, 6.07) is 4.67. The van der Waals surface area contributed by atoms with Gasteiger partial charge in [0.1, 0.15) is 5.82 Å². The Morgan fingerprint density at radius 2 is 2.25 bits per heavy atom. The summed E-state index contributed by atoms with van der Waals surface area (Å²) in [6.45, 7) is 3.15. The van der Waals surface area contributed by atoms with Crippen molar-refractivity contribution in [1.82, 2.24) is 0 Å². The standard InChI is InChI=1S/C9H13FN2/c1-7-2-3-8(10)6-9(7)12-5-4-11/h2-3,6,12H,4-5,11H2,1H3. The SMILES string of the molecule is Cc1ccc(F)cc1NCCN. The zero-order valence-electron chi connectivity index (χ0n) is 7.10. The van der Waals surface area contributed by atoms with E-state index >= 15 is 0 Å². The summed E-state index contributed by atoms with van der Waals surface area (Å²) < 4.78 is 12.7. The average Bonchev–Trinajstić information content (AvgIpc) is 2.07. The van der Waals surface area contributed by atoms with Crippen molar-refractivity contribution in [2.75, 3.05) is 18.4 Å². The molecule has 3 N–H and O–H groups in total. The number of anilines is 1. The maximum atomic E-state index is 12.7. The van der Waals surface area contributed by atoms with Gasteiger partial charge in [-0.1, -0.05) is 6.07 Å². The number of hydrogen-bond donors (Lipinski definition) is 2. The van der Waals surface area contributed by atoms with Crippen molar-refractivity contribution in [3.63, 3.8) is 0 Å². The normalized spacial score (nSPS) is 9.92. The maximum Gasteiger partial charge on any atom is 0.125 e. The van der Waals surface area contributed by atoms with Crippen LogP contribution in [0.2, 0.25) is 0 Å². The van der Waals surface area contributed by atoms with Crippen LogP contribution in [0.5, 0.6) is 0 Å². The smallest absolute Gasteiger partial charge is 0.125 e. The fourth-order valence-electron chi connectivity index (χ4n) is 0.992. The van der Waals surface area contributed by atoms with Gasteiger partial charge in [-0.05, 0) is 24.6 Å². The monoisotopic (exact) mass is 168 g/mol. The van der Waals surface area contributed by atoms with Crippen molar-refractivity contribution in [1.29, 1.82) is 0 Å². The molecule has 0 aliphatic carbocycles. The molecule has 0 atom stereocenters. The number of rotatable bonds is 3. The zero-order valence-corrected chi connectivity index (χ0v) is 7.10. The molecule has 1 rings (SSSR count). The van der Waals surface area contributed by atoms with Gasteiger partial charge in [0, 0.05) is 18.8 Å². The van der Waals surface area contributed by atoms with E-state index in [1.165, 1.54) is 12.1 Å². The largest absolute Gasteiger partial charge is 0.383 e. The summed E-state index contributed by atoms with van der Waals surface area (Å²) in [7, 11) is 0. The van der Waals surface area contributed by atoms with Gasteiger partial charge in [0.15, 0.2) is 0 Å². The lowest BCUT2D eigenvalue weighted by atomic mass is 10.2. The summed E-state index contributed by atoms with van der Waals surface area (Å²) in [5.74, 6) is -0.222. The lowest BCUT2D eigenvalue weighted by molar-refractivity contribution is 0.628. The number of aryl methyl sites for hydroxylation is 1. The summed E-state index contributed by atoms with van der Waals surface area (Å²) in [6.07, 6.45) is 0. The lowest BCUT2D eigenvalue weighted by Gasteiger charge is -2.07. The summed E-state index contributed by atoms with van der Waals surface area (Å²) in [4.78, 5) is 0. The molecular formula is C9H13FN2. The Bertz CT molecular complexity index is 261. The van der Waals surface area contributed by atoms with Crippen LogP contribution in [0.4, 0.5) is 10.1 Å². The van der Waals surface area contributed by atoms with E-state index in [0.717, 1.165) is 11.3 Å². The highest BCUT2D eigenvalue weighted by Crippen LogP contribution is 2.14. The number of hydrogen-bond acceptors (Lipinski definition) is 2. The molecule has 3 heteroatoms. The Balaban J connectivity index is 2.75. The lowest BCUT2D eigenvalue weighted by Crippen LogP contribution is -2.13. The van der Waals surface area contributed by atoms with E-state index in [0.29, 0.717) is 13.1 Å². The second-order valence-corrected chi connectivity index (χ2v) is 2.67. The minimum Gasteiger partial charge on any atom is -0.383 e. The first-order valence-corrected chi connectivity index (χ1v) is 3.94. The molecule has 0 spiro atoms. The first kappa shape index (κ1) is 9.00. The second kappa shape index (κ2) is 4.07. The molecule has 2 nitrogen and oxygen atoms in total. The van der Waals surface area contributed by atoms with Gasteiger partial charge >= 0.3 is 0 Å². The van der Waals surface area contributed by atoms with Crippen molar-refractivity contribution in [2.45, 2.75) is 6.92 Å². The predicted octanol–water partition coefficient (Wildman–Crippen LogP) is 1.50. The van der Waals surface area contributed by atoms with Crippen LogP contribution < -0.4 is 11.1 Å². The van der Waals surface area contributed by atoms with Crippen molar-refractivity contribution >= 4 is 5.69 Å². The Morgan fingerprint density at radius 1 is 1.50 bits per heavy atom. The molecule has 1 aromatic rings. The third kappa shape index (κ3) is 2.20. The van der Waals surface area contributed by atoms with Crippen molar-refractivity contribution in [3.05, 3.63) is 29.6 Å². The van der Waals surface area contributed by atoms with Gasteiger partial charge in [0.05, 0.1) is 0 Å². The van der Waals surface area contributed by atoms with E-state index in [2.05, 4.69) is 5.32 Å². The van der Waals surface area contributed by atoms with Crippen LogP contribution in [-0.4, -0.2) is 13.1 Å². The molecule has 0 bridgehead atoms. The number of nitrogens with one attached hydrogen (secondary N) is 1. The maximum absolute atomic E-state index is 12.7. The molecule has 0 fully saturated rings. The van der Waals surface area contributed by atoms with E-state index in [9.17, 15) is 4.39 Å². The van der Waals surface area contributed by atoms with Gasteiger partial charge in [-0.3, -0.25) is 0 Å². The van der Waals surface area contributed by atoms with E-state index in [4.69, 9.17) is 5.73 Å². The first-order valence-electron chi connectivity index (χ1n) is 3.94. The highest BCUT2D eigenvalue weighted by atomic mass is 19.1. The third-order valence-electron chi connectivity index (χ3n) is 1.66. The molecule has 0 aliphatic rings. The van der Waals surface area contributed by atoms with Crippen LogP contribution in [0, 0.1) is 12.7 Å². The van der Waals surface area contributed by atoms with Crippen LogP contribution in [0.15, 0.2) is 18.2 Å². The van der Waals surface area contributed by atoms with Gasteiger partial charge in [0.25, 0.3) is 0 Å². The minimum atomic E-state index is -0.222. The molecule has 66 valence electrons. The van der Waals surface area contributed by atoms with E-state index in [1.807, 2.05) is 6.92 Å². The minimum absolute atomic E-state index is 0.222. The molecule has 0 unspecified atom stereocenters. The molecule has 1 aromatic carbocycles. The van der Waals surface area contributed by atoms with Crippen LogP contribution in [0.3, 0.4) is 0 Å². The van der Waals surface area contributed by atoms with Gasteiger partial charge in [-0.2, -0.15) is 0 Å². The predicted molar refractivity (Wildman–Crippen MR) is 48.7 cm³/mol. The summed E-state index contributed by atoms with van der Waals surface area (Å²) in [5.41, 5.74) is 7.16. The van der Waals surface area contributed by atoms with E-state index in [-0.39, 0.29) is 5.82 Å². The van der Waals surface area contributed by atoms with Crippen LogP contribution in [0.1, 0.15) is 5.56 Å². The molecule has 0 heterocycles. The van der Waals surface area contributed by atoms with Gasteiger partial charge in [0.2, 0.25) is 0 Å². The first-order chi connectivity index (χ1) is 5.74. The number of nitrogens with two attached hydrogens (primary N) is 1. The van der Waals surface area contributed by atoms with Crippen LogP contribution in [-0.2, 0) is 0 Å². The quantitative estimate of drug-likeness (QED) is 0.717. The fraction of sp³-hybridized carbons (Fsp3) is 0.333. The van der Waals surface area contributed by atoms with Crippen molar-refractivity contribution in [2.24, 2.45) is 5.73 Å². The Morgan fingerprint density at radius 3 is 2.92 bits per heavy atom. The van der Waals surface area contributed by atoms with Crippen molar-refractivity contribution < 1.29 is 4.39 Å². The highest BCUT2D eigenvalue weighted by molar-refractivity contribution is 5.50. The van der Waals surface area contributed by atoms with Crippen LogP contribution in [0.25, 0.3) is 0 Å². The Labute approximate surface area is 71.6 Å². The third-order valence-corrected chi connectivity index (χ3v) is 1.66. The summed E-state index contributed by atoms with van der Waals surface area (Å²) >= 11 is 0. The molecule has 0 radical (unpaired) electrons. The second-order valence-electron chi connectivity index (χ2n) is 2.67. The molecule has 0 aromatic heterocycles. The number of halogens is 1. The van der Waals surface area contributed by atoms with Gasteiger partial charge in [-0.15, -0.1) is 0 Å². The van der Waals surface area contributed by atoms with Gasteiger partial charge in [-0.25, -0.2) is 4.39 Å². The van der Waals surface area contributed by atoms with Crippen LogP contribution >= 0.6 is 0 Å².